The van der Waals surface area contributed by atoms with Gasteiger partial charge < -0.3 is 34.8 Å². The van der Waals surface area contributed by atoms with Crippen molar-refractivity contribution < 1.29 is 32.0 Å². The molecule has 2 saturated carbocycles. The van der Waals surface area contributed by atoms with Gasteiger partial charge in [-0.05, 0) is 139 Å². The number of nitrogens with zero attached hydrogens (tertiary/aromatic N) is 5. The van der Waals surface area contributed by atoms with Gasteiger partial charge in [-0.2, -0.15) is 8.42 Å². The zero-order valence-corrected chi connectivity index (χ0v) is 40.0. The Morgan fingerprint density at radius 3 is 2.56 bits per heavy atom. The van der Waals surface area contributed by atoms with Crippen LogP contribution < -0.4 is 24.4 Å². The van der Waals surface area contributed by atoms with Crippen LogP contribution in [-0.2, 0) is 10.0 Å². The third-order valence-electron chi connectivity index (χ3n) is 15.6. The molecule has 2 saturated heterocycles. The molecule has 0 bridgehead atoms. The molecule has 4 fully saturated rings. The molecule has 0 unspecified atom stereocenters. The highest BCUT2D eigenvalue weighted by Gasteiger charge is 2.50. The van der Waals surface area contributed by atoms with Crippen molar-refractivity contribution in [2.24, 2.45) is 16.7 Å². The zero-order valence-electron chi connectivity index (χ0n) is 39.2. The Morgan fingerprint density at radius 1 is 1.04 bits per heavy atom. The fourth-order valence-corrected chi connectivity index (χ4v) is 12.7. The van der Waals surface area contributed by atoms with Gasteiger partial charge in [0.05, 0.1) is 23.2 Å². The molecule has 3 N–H and O–H groups in total. The van der Waals surface area contributed by atoms with Gasteiger partial charge >= 0.3 is 15.8 Å². The molecule has 3 aromatic heterocycles. The molecule has 0 radical (unpaired) electrons. The highest BCUT2D eigenvalue weighted by molar-refractivity contribution is 7.90. The second kappa shape index (κ2) is 17.9. The molecule has 1 amide bonds. The van der Waals surface area contributed by atoms with E-state index in [0.29, 0.717) is 35.0 Å². The number of aromatic nitrogens is 3. The number of benzene rings is 2. The average molecular weight is 949 g/mol. The number of anilines is 2. The van der Waals surface area contributed by atoms with E-state index in [9.17, 15) is 27.7 Å². The van der Waals surface area contributed by atoms with E-state index < -0.39 is 37.5 Å². The minimum Gasteiger partial charge on any atom is -0.489 e. The Bertz CT molecular complexity index is 2840. The smallest absolute Gasteiger partial charge is 0.392 e. The second-order valence-corrected chi connectivity index (χ2v) is 22.7. The molecular formula is C51H61FN8O7S. The van der Waals surface area contributed by atoms with Crippen LogP contribution in [0.25, 0.3) is 11.0 Å². The lowest BCUT2D eigenvalue weighted by Crippen LogP contribution is -2.54. The predicted molar refractivity (Wildman–Crippen MR) is 257 cm³/mol. The van der Waals surface area contributed by atoms with Crippen LogP contribution in [0.2, 0.25) is 0 Å². The molecule has 2 aromatic carbocycles. The van der Waals surface area contributed by atoms with Gasteiger partial charge in [-0.25, -0.2) is 14.1 Å². The molecule has 2 atom stereocenters. The maximum absolute atomic E-state index is 14.7. The van der Waals surface area contributed by atoms with Gasteiger partial charge in [0.1, 0.15) is 29.6 Å². The number of nitro groups is 1. The number of hydrogen-bond donors (Lipinski definition) is 3. The highest BCUT2D eigenvalue weighted by Crippen LogP contribution is 2.54. The van der Waals surface area contributed by atoms with Crippen LogP contribution in [0.1, 0.15) is 132 Å². The molecule has 2 aliphatic carbocycles. The number of rotatable bonds is 12. The van der Waals surface area contributed by atoms with Gasteiger partial charge in [0.15, 0.2) is 11.4 Å². The minimum absolute atomic E-state index is 0.00706. The molecule has 5 aliphatic rings. The quantitative estimate of drug-likeness (QED) is 0.0795. The van der Waals surface area contributed by atoms with Crippen molar-refractivity contribution in [1.29, 1.82) is 0 Å². The standard InChI is InChI=1S/C51H61FN8O7S/c1-31(2)37-8-5-6-9-38(37)42-10-7-19-59(42)35-26-51(27-35)17-20-58(21-18-51)34-11-12-39(43(23-34)67-36-24-40-41(52)29-54-47(40)53-28-36)49(61)57-68(64,65)45-25-44-46(48(56-45)60(62)63)55-33(30-66-44)22-32-13-15-50(3,4)16-14-32/h5-6,8-9,11-12,23-25,28-29,31-33,35,42,55H,7,10,13-22,26-27,30H2,1-4H3,(H,53,54)(H,57,61)/t33-,42+/m0/s1. The molecular weight excluding hydrogens is 888 g/mol. The Hall–Kier alpha value is -5.81. The van der Waals surface area contributed by atoms with Crippen molar-refractivity contribution in [3.63, 3.8) is 0 Å². The summed E-state index contributed by atoms with van der Waals surface area (Å²) >= 11 is 0. The van der Waals surface area contributed by atoms with Crippen molar-refractivity contribution in [3.8, 4) is 17.2 Å². The first-order chi connectivity index (χ1) is 32.5. The number of carbonyl (C=O) groups excluding carboxylic acids is 1. The lowest BCUT2D eigenvalue weighted by molar-refractivity contribution is -0.389. The second-order valence-electron chi connectivity index (χ2n) is 21.1. The number of pyridine rings is 2. The fraction of sp³-hybridized carbons (Fsp3) is 0.510. The van der Waals surface area contributed by atoms with E-state index >= 15 is 0 Å². The normalized spacial score (nSPS) is 21.8. The Labute approximate surface area is 396 Å². The number of halogens is 1. The number of hydrogen-bond acceptors (Lipinski definition) is 12. The van der Waals surface area contributed by atoms with E-state index in [4.69, 9.17) is 9.47 Å². The molecule has 15 nitrogen and oxygen atoms in total. The topological polar surface area (TPSA) is 185 Å². The van der Waals surface area contributed by atoms with E-state index in [-0.39, 0.29) is 51.9 Å². The molecule has 68 heavy (non-hydrogen) atoms. The number of ether oxygens (including phenoxy) is 2. The predicted octanol–water partition coefficient (Wildman–Crippen LogP) is 10.4. The van der Waals surface area contributed by atoms with E-state index in [1.54, 1.807) is 12.1 Å². The summed E-state index contributed by atoms with van der Waals surface area (Å²) in [5.41, 5.74) is 4.43. The first kappa shape index (κ1) is 45.9. The fourth-order valence-electron chi connectivity index (χ4n) is 11.7. The minimum atomic E-state index is -4.80. The van der Waals surface area contributed by atoms with Crippen molar-refractivity contribution in [1.82, 2.24) is 24.6 Å². The summed E-state index contributed by atoms with van der Waals surface area (Å²) in [6, 6.07) is 17.2. The van der Waals surface area contributed by atoms with Gasteiger partial charge in [-0.15, -0.1) is 0 Å². The maximum atomic E-state index is 14.7. The van der Waals surface area contributed by atoms with Crippen LogP contribution in [0, 0.1) is 32.7 Å². The molecule has 17 heteroatoms. The molecule has 360 valence electrons. The van der Waals surface area contributed by atoms with Crippen molar-refractivity contribution in [2.45, 2.75) is 127 Å². The van der Waals surface area contributed by atoms with Crippen LogP contribution >= 0.6 is 0 Å². The molecule has 5 aromatic rings. The number of H-pyrrole nitrogens is 1. The summed E-state index contributed by atoms with van der Waals surface area (Å²) in [6.07, 6.45) is 14.4. The van der Waals surface area contributed by atoms with Gasteiger partial charge in [0.2, 0.25) is 0 Å². The van der Waals surface area contributed by atoms with Gasteiger partial charge in [0.25, 0.3) is 10.9 Å². The first-order valence-corrected chi connectivity index (χ1v) is 25.7. The monoisotopic (exact) mass is 948 g/mol. The average Bonchev–Trinajstić information content (AvgIpc) is 3.94. The van der Waals surface area contributed by atoms with E-state index in [1.807, 2.05) is 0 Å². The number of fused-ring (bicyclic) bond motifs is 2. The van der Waals surface area contributed by atoms with Crippen molar-refractivity contribution >= 4 is 44.2 Å². The third-order valence-corrected chi connectivity index (χ3v) is 16.9. The van der Waals surface area contributed by atoms with E-state index in [2.05, 4.69) is 86.8 Å². The third kappa shape index (κ3) is 9.10. The summed E-state index contributed by atoms with van der Waals surface area (Å²) in [6.45, 7) is 12.0. The van der Waals surface area contributed by atoms with Crippen molar-refractivity contribution in [2.75, 3.05) is 36.5 Å². The van der Waals surface area contributed by atoms with Crippen LogP contribution in [0.4, 0.5) is 21.6 Å². The molecule has 6 heterocycles. The van der Waals surface area contributed by atoms with E-state index in [1.165, 1.54) is 61.3 Å². The number of aromatic amines is 1. The van der Waals surface area contributed by atoms with Crippen LogP contribution in [0.15, 0.2) is 72.0 Å². The highest BCUT2D eigenvalue weighted by atomic mass is 32.2. The molecule has 1 spiro atoms. The van der Waals surface area contributed by atoms with Crippen LogP contribution in [0.3, 0.4) is 0 Å². The largest absolute Gasteiger partial charge is 0.489 e. The van der Waals surface area contributed by atoms with Crippen molar-refractivity contribution in [3.05, 3.63) is 99.6 Å². The summed E-state index contributed by atoms with van der Waals surface area (Å²) in [5, 5.41) is 15.0. The lowest BCUT2D eigenvalue weighted by atomic mass is 9.59. The zero-order chi connectivity index (χ0) is 47.5. The number of sulfonamides is 1. The Balaban J connectivity index is 0.853. The summed E-state index contributed by atoms with van der Waals surface area (Å²) in [4.78, 5) is 41.7. The Morgan fingerprint density at radius 2 is 1.81 bits per heavy atom. The number of nitrogens with one attached hydrogen (secondary N) is 3. The summed E-state index contributed by atoms with van der Waals surface area (Å²) < 4.78 is 56.8. The van der Waals surface area contributed by atoms with Gasteiger partial charge in [-0.1, -0.05) is 52.0 Å². The van der Waals surface area contributed by atoms with Gasteiger partial charge in [0, 0.05) is 49.2 Å². The van der Waals surface area contributed by atoms with E-state index in [0.717, 1.165) is 76.3 Å². The number of piperidine rings is 1. The molecule has 10 rings (SSSR count). The van der Waals surface area contributed by atoms with Crippen LogP contribution in [-0.4, -0.2) is 77.4 Å². The lowest BCUT2D eigenvalue weighted by Gasteiger charge is -2.56. The first-order valence-electron chi connectivity index (χ1n) is 24.2. The molecule has 3 aliphatic heterocycles. The number of amides is 1. The number of carbonyl (C=O) groups is 1. The number of likely N-dealkylation sites (tertiary alicyclic amines) is 1. The maximum Gasteiger partial charge on any atom is 0.392 e. The Kier molecular flexibility index (Phi) is 12.1. The SMILES string of the molecule is CC(C)c1ccccc1[C@H]1CCCN1C1CC2(CCN(c3ccc(C(=O)NS(=O)(=O)c4cc5c(c([N+](=O)[O-])n4)N[C@@H](CC4CCC(C)(C)CC4)CO5)c(Oc4cnc5[nH]cc(F)c5c4)c3)CC2)C1. The van der Waals surface area contributed by atoms with Crippen LogP contribution in [0.5, 0.6) is 17.2 Å². The van der Waals surface area contributed by atoms with Gasteiger partial charge in [-0.3, -0.25) is 9.69 Å². The summed E-state index contributed by atoms with van der Waals surface area (Å²) in [7, 11) is -4.80. The summed E-state index contributed by atoms with van der Waals surface area (Å²) in [5.74, 6) is -1.29.